The minimum Gasteiger partial charge on any atom is -0.481 e. The van der Waals surface area contributed by atoms with Crippen LogP contribution in [0, 0.1) is 5.92 Å². The Morgan fingerprint density at radius 3 is 2.24 bits per heavy atom. The molecule has 0 spiro atoms. The van der Waals surface area contributed by atoms with Crippen LogP contribution < -0.4 is 5.32 Å². The van der Waals surface area contributed by atoms with Gasteiger partial charge in [0.1, 0.15) is 6.61 Å². The van der Waals surface area contributed by atoms with Crippen LogP contribution in [0.4, 0.5) is 13.6 Å². The molecule has 2 aromatic rings. The van der Waals surface area contributed by atoms with E-state index in [2.05, 4.69) is 0 Å². The average molecular weight is 472 g/mol. The lowest BCUT2D eigenvalue weighted by molar-refractivity contribution is -0.163. The molecule has 1 fully saturated rings. The molecule has 0 aromatic heterocycles. The van der Waals surface area contributed by atoms with E-state index in [1.165, 1.54) is 0 Å². The number of nitrogens with one attached hydrogen (secondary N) is 1. The van der Waals surface area contributed by atoms with Crippen molar-refractivity contribution < 1.29 is 33.0 Å². The number of hydrogen-bond donors (Lipinski definition) is 2. The number of piperidine rings is 1. The monoisotopic (exact) mass is 472 g/mol. The first kappa shape index (κ1) is 23.7. The van der Waals surface area contributed by atoms with Crippen molar-refractivity contribution in [2.45, 2.75) is 37.6 Å². The summed E-state index contributed by atoms with van der Waals surface area (Å²) >= 11 is 0. The van der Waals surface area contributed by atoms with Crippen molar-refractivity contribution in [2.75, 3.05) is 19.7 Å². The number of alkyl carbamates (subject to hydrolysis) is 1. The molecule has 2 amide bonds. The Bertz CT molecular complexity index is 1060. The van der Waals surface area contributed by atoms with Gasteiger partial charge in [-0.1, -0.05) is 48.5 Å². The van der Waals surface area contributed by atoms with Crippen molar-refractivity contribution in [3.63, 3.8) is 0 Å². The summed E-state index contributed by atoms with van der Waals surface area (Å²) in [5.74, 6) is -7.13. The first-order valence-electron chi connectivity index (χ1n) is 11.2. The summed E-state index contributed by atoms with van der Waals surface area (Å²) in [4.78, 5) is 36.7. The molecule has 1 saturated heterocycles. The largest absolute Gasteiger partial charge is 0.481 e. The number of fused-ring (bicyclic) bond motifs is 3. The van der Waals surface area contributed by atoms with E-state index < -0.39 is 42.4 Å². The van der Waals surface area contributed by atoms with Crippen LogP contribution in [0.15, 0.2) is 48.5 Å². The molecule has 4 rings (SSSR count). The summed E-state index contributed by atoms with van der Waals surface area (Å²) in [7, 11) is 0. The second-order valence-corrected chi connectivity index (χ2v) is 8.79. The highest BCUT2D eigenvalue weighted by atomic mass is 19.3. The first-order valence-corrected chi connectivity index (χ1v) is 11.2. The Morgan fingerprint density at radius 2 is 1.68 bits per heavy atom. The molecule has 0 saturated carbocycles. The lowest BCUT2D eigenvalue weighted by Gasteiger charge is -2.37. The highest BCUT2D eigenvalue weighted by Crippen LogP contribution is 2.44. The summed E-state index contributed by atoms with van der Waals surface area (Å²) in [6.07, 6.45) is -0.815. The van der Waals surface area contributed by atoms with Gasteiger partial charge in [-0.15, -0.1) is 0 Å². The van der Waals surface area contributed by atoms with Gasteiger partial charge in [-0.2, -0.15) is 8.78 Å². The van der Waals surface area contributed by atoms with Gasteiger partial charge < -0.3 is 20.1 Å². The average Bonchev–Trinajstić information content (AvgIpc) is 3.14. The lowest BCUT2D eigenvalue weighted by Crippen LogP contribution is -2.55. The maximum atomic E-state index is 14.5. The predicted molar refractivity (Wildman–Crippen MR) is 120 cm³/mol. The Kier molecular flexibility index (Phi) is 6.54. The molecule has 1 aliphatic carbocycles. The number of hydrogen-bond acceptors (Lipinski definition) is 4. The van der Waals surface area contributed by atoms with Crippen LogP contribution in [0.2, 0.25) is 0 Å². The third kappa shape index (κ3) is 4.60. The van der Waals surface area contributed by atoms with Crippen LogP contribution in [0.5, 0.6) is 0 Å². The number of alkyl halides is 2. The van der Waals surface area contributed by atoms with Gasteiger partial charge in [0.25, 0.3) is 5.91 Å². The number of carbonyl (C=O) groups excluding carboxylic acids is 2. The van der Waals surface area contributed by atoms with E-state index in [1.54, 1.807) is 6.92 Å². The van der Waals surface area contributed by atoms with Crippen LogP contribution in [-0.2, 0) is 14.3 Å². The summed E-state index contributed by atoms with van der Waals surface area (Å²) in [6.45, 7) is 0.243. The van der Waals surface area contributed by atoms with E-state index in [0.717, 1.165) is 27.2 Å². The number of ether oxygens (including phenoxy) is 1. The molecule has 7 nitrogen and oxygen atoms in total. The SMILES string of the molecule is CC1CC(C(=O)O)CCN1C(=O)C(F)(F)CNC(=O)OCC1c2ccccc2-c2ccccc21. The third-order valence-corrected chi connectivity index (χ3v) is 6.60. The number of rotatable bonds is 6. The number of halogens is 2. The molecule has 2 atom stereocenters. The fourth-order valence-corrected chi connectivity index (χ4v) is 4.82. The standard InChI is InChI=1S/C25H26F2N2O5/c1-15-12-16(22(30)31)10-11-29(15)23(32)25(26,27)14-28-24(33)34-13-21-19-8-4-2-6-17(19)18-7-3-5-9-20(18)21/h2-9,15-16,21H,10-14H2,1H3,(H,28,33)(H,30,31). The molecule has 1 aliphatic heterocycles. The van der Waals surface area contributed by atoms with E-state index in [1.807, 2.05) is 53.8 Å². The minimum atomic E-state index is -3.84. The summed E-state index contributed by atoms with van der Waals surface area (Å²) in [5, 5.41) is 11.1. The lowest BCUT2D eigenvalue weighted by atomic mass is 9.91. The molecule has 2 N–H and O–H groups in total. The number of amides is 2. The van der Waals surface area contributed by atoms with Gasteiger partial charge in [0, 0.05) is 18.5 Å². The highest BCUT2D eigenvalue weighted by molar-refractivity contribution is 5.85. The quantitative estimate of drug-likeness (QED) is 0.666. The number of likely N-dealkylation sites (tertiary alicyclic amines) is 1. The van der Waals surface area contributed by atoms with E-state index in [-0.39, 0.29) is 31.9 Å². The second kappa shape index (κ2) is 9.40. The molecule has 2 aliphatic rings. The number of aliphatic carboxylic acids is 1. The molecular weight excluding hydrogens is 446 g/mol. The molecule has 1 heterocycles. The Balaban J connectivity index is 1.33. The predicted octanol–water partition coefficient (Wildman–Crippen LogP) is 3.87. The van der Waals surface area contributed by atoms with Gasteiger partial charge in [0.2, 0.25) is 0 Å². The van der Waals surface area contributed by atoms with Crippen LogP contribution in [0.3, 0.4) is 0 Å². The maximum Gasteiger partial charge on any atom is 0.407 e. The molecule has 34 heavy (non-hydrogen) atoms. The third-order valence-electron chi connectivity index (χ3n) is 6.60. The summed E-state index contributed by atoms with van der Waals surface area (Å²) in [5.41, 5.74) is 4.08. The van der Waals surface area contributed by atoms with Crippen molar-refractivity contribution in [1.82, 2.24) is 10.2 Å². The topological polar surface area (TPSA) is 95.9 Å². The highest BCUT2D eigenvalue weighted by Gasteiger charge is 2.45. The summed E-state index contributed by atoms with van der Waals surface area (Å²) < 4.78 is 34.3. The van der Waals surface area contributed by atoms with Crippen molar-refractivity contribution >= 4 is 18.0 Å². The summed E-state index contributed by atoms with van der Waals surface area (Å²) in [6, 6.07) is 14.9. The van der Waals surface area contributed by atoms with Crippen LogP contribution in [-0.4, -0.2) is 59.6 Å². The maximum absolute atomic E-state index is 14.5. The van der Waals surface area contributed by atoms with Gasteiger partial charge in [-0.3, -0.25) is 9.59 Å². The number of carboxylic acid groups (broad SMARTS) is 1. The Hall–Kier alpha value is -3.49. The molecule has 9 heteroatoms. The van der Waals surface area contributed by atoms with Crippen molar-refractivity contribution in [1.29, 1.82) is 0 Å². The number of carbonyl (C=O) groups is 3. The smallest absolute Gasteiger partial charge is 0.407 e. The second-order valence-electron chi connectivity index (χ2n) is 8.79. The normalized spacial score (nSPS) is 19.8. The zero-order chi connectivity index (χ0) is 24.5. The number of carboxylic acids is 1. The molecule has 2 unspecified atom stereocenters. The molecule has 2 aromatic carbocycles. The van der Waals surface area contributed by atoms with Crippen LogP contribution >= 0.6 is 0 Å². The zero-order valence-electron chi connectivity index (χ0n) is 18.7. The van der Waals surface area contributed by atoms with Gasteiger partial charge in [-0.25, -0.2) is 4.79 Å². The zero-order valence-corrected chi connectivity index (χ0v) is 18.7. The van der Waals surface area contributed by atoms with Gasteiger partial charge >= 0.3 is 18.0 Å². The van der Waals surface area contributed by atoms with Crippen molar-refractivity contribution in [2.24, 2.45) is 5.92 Å². The fourth-order valence-electron chi connectivity index (χ4n) is 4.82. The van der Waals surface area contributed by atoms with E-state index >= 15 is 0 Å². The Labute approximate surface area is 195 Å². The van der Waals surface area contributed by atoms with Crippen LogP contribution in [0.1, 0.15) is 36.8 Å². The Morgan fingerprint density at radius 1 is 1.09 bits per heavy atom. The van der Waals surface area contributed by atoms with E-state index in [9.17, 15) is 23.2 Å². The molecule has 180 valence electrons. The van der Waals surface area contributed by atoms with Crippen molar-refractivity contribution in [3.8, 4) is 11.1 Å². The molecular formula is C25H26F2N2O5. The van der Waals surface area contributed by atoms with E-state index in [0.29, 0.717) is 0 Å². The van der Waals surface area contributed by atoms with E-state index in [4.69, 9.17) is 9.84 Å². The molecule has 0 bridgehead atoms. The van der Waals surface area contributed by atoms with Gasteiger partial charge in [0.05, 0.1) is 12.5 Å². The number of nitrogens with zero attached hydrogens (tertiary/aromatic N) is 1. The number of benzene rings is 2. The molecule has 0 radical (unpaired) electrons. The first-order chi connectivity index (χ1) is 16.2. The van der Waals surface area contributed by atoms with Gasteiger partial charge in [0.15, 0.2) is 0 Å². The fraction of sp³-hybridized carbons (Fsp3) is 0.400. The van der Waals surface area contributed by atoms with Crippen LogP contribution in [0.25, 0.3) is 11.1 Å². The van der Waals surface area contributed by atoms with Gasteiger partial charge in [-0.05, 0) is 42.0 Å². The minimum absolute atomic E-state index is 0.0287. The van der Waals surface area contributed by atoms with Crippen molar-refractivity contribution in [3.05, 3.63) is 59.7 Å².